The number of halogens is 1. The maximum absolute atomic E-state index is 9.20. The second kappa shape index (κ2) is 5.91. The maximum atomic E-state index is 9.20. The number of thiocarbonyl (C=S) groups is 1. The van der Waals surface area contributed by atoms with Crippen molar-refractivity contribution < 1.29 is 5.11 Å². The van der Waals surface area contributed by atoms with Gasteiger partial charge in [0.05, 0.1) is 0 Å². The lowest BCUT2D eigenvalue weighted by molar-refractivity contribution is 0.475. The predicted octanol–water partition coefficient (Wildman–Crippen LogP) is 4.16. The molecule has 0 atom stereocenters. The van der Waals surface area contributed by atoms with Gasteiger partial charge in [0.2, 0.25) is 0 Å². The molecule has 19 heavy (non-hydrogen) atoms. The molecule has 0 fully saturated rings. The zero-order valence-electron chi connectivity index (χ0n) is 10.3. The van der Waals surface area contributed by atoms with Crippen LogP contribution in [0.15, 0.2) is 42.5 Å². The van der Waals surface area contributed by atoms with Crippen molar-refractivity contribution in [3.63, 3.8) is 0 Å². The molecule has 3 N–H and O–H groups in total. The Morgan fingerprint density at radius 3 is 2.47 bits per heavy atom. The van der Waals surface area contributed by atoms with Crippen molar-refractivity contribution in [2.75, 3.05) is 10.6 Å². The number of hydrogen-bond acceptors (Lipinski definition) is 2. The second-order valence-corrected chi connectivity index (χ2v) is 4.85. The van der Waals surface area contributed by atoms with Crippen LogP contribution in [0.2, 0.25) is 5.02 Å². The Hall–Kier alpha value is -1.78. The average molecular weight is 293 g/mol. The van der Waals surface area contributed by atoms with Crippen molar-refractivity contribution in [3.05, 3.63) is 53.1 Å². The van der Waals surface area contributed by atoms with Gasteiger partial charge in [-0.05, 0) is 61.1 Å². The van der Waals surface area contributed by atoms with E-state index in [-0.39, 0.29) is 5.75 Å². The van der Waals surface area contributed by atoms with Crippen LogP contribution in [0, 0.1) is 6.92 Å². The highest BCUT2D eigenvalue weighted by atomic mass is 35.5. The molecule has 2 rings (SSSR count). The highest BCUT2D eigenvalue weighted by Gasteiger charge is 2.04. The van der Waals surface area contributed by atoms with E-state index in [1.54, 1.807) is 24.3 Å². The van der Waals surface area contributed by atoms with E-state index in [0.29, 0.717) is 10.1 Å². The minimum Gasteiger partial charge on any atom is -0.508 e. The fourth-order valence-corrected chi connectivity index (χ4v) is 1.97. The largest absolute Gasteiger partial charge is 0.508 e. The Kier molecular flexibility index (Phi) is 4.24. The summed E-state index contributed by atoms with van der Waals surface area (Å²) in [5, 5.41) is 16.5. The molecule has 0 aliphatic heterocycles. The molecule has 0 amide bonds. The van der Waals surface area contributed by atoms with Gasteiger partial charge >= 0.3 is 0 Å². The lowest BCUT2D eigenvalue weighted by atomic mass is 10.2. The van der Waals surface area contributed by atoms with Gasteiger partial charge in [-0.2, -0.15) is 0 Å². The van der Waals surface area contributed by atoms with Crippen molar-refractivity contribution in [1.82, 2.24) is 0 Å². The molecule has 0 radical (unpaired) electrons. The Morgan fingerprint density at radius 1 is 1.11 bits per heavy atom. The molecule has 0 saturated heterocycles. The summed E-state index contributed by atoms with van der Waals surface area (Å²) in [6.07, 6.45) is 0. The molecule has 98 valence electrons. The highest BCUT2D eigenvalue weighted by Crippen LogP contribution is 2.23. The quantitative estimate of drug-likeness (QED) is 0.574. The molecule has 0 unspecified atom stereocenters. The Labute approximate surface area is 122 Å². The summed E-state index contributed by atoms with van der Waals surface area (Å²) in [5.74, 6) is 0.218. The van der Waals surface area contributed by atoms with Crippen LogP contribution in [0.5, 0.6) is 5.75 Å². The summed E-state index contributed by atoms with van der Waals surface area (Å²) in [4.78, 5) is 0. The van der Waals surface area contributed by atoms with E-state index in [1.165, 1.54) is 0 Å². The van der Waals surface area contributed by atoms with E-state index >= 15 is 0 Å². The molecule has 2 aromatic rings. The van der Waals surface area contributed by atoms with Crippen LogP contribution in [0.3, 0.4) is 0 Å². The Bertz CT molecular complexity index is 599. The number of rotatable bonds is 2. The fourth-order valence-electron chi connectivity index (χ4n) is 1.57. The lowest BCUT2D eigenvalue weighted by Gasteiger charge is -2.13. The summed E-state index contributed by atoms with van der Waals surface area (Å²) in [5.41, 5.74) is 2.61. The Balaban J connectivity index is 2.05. The number of phenolic OH excluding ortho intramolecular Hbond substituents is 1. The van der Waals surface area contributed by atoms with Gasteiger partial charge in [0, 0.05) is 16.4 Å². The zero-order valence-corrected chi connectivity index (χ0v) is 11.8. The van der Waals surface area contributed by atoms with Gasteiger partial charge in [-0.1, -0.05) is 17.7 Å². The van der Waals surface area contributed by atoms with Gasteiger partial charge in [-0.15, -0.1) is 0 Å². The first kappa shape index (κ1) is 13.6. The van der Waals surface area contributed by atoms with E-state index in [2.05, 4.69) is 10.6 Å². The number of aromatic hydroxyl groups is 1. The third-order valence-electron chi connectivity index (χ3n) is 2.64. The zero-order chi connectivity index (χ0) is 13.8. The van der Waals surface area contributed by atoms with Gasteiger partial charge in [-0.3, -0.25) is 0 Å². The SMILES string of the molecule is Cc1c(Cl)cccc1NC(=S)Nc1ccc(O)cc1. The van der Waals surface area contributed by atoms with Crippen LogP contribution < -0.4 is 10.6 Å². The van der Waals surface area contributed by atoms with Crippen molar-refractivity contribution in [1.29, 1.82) is 0 Å². The summed E-state index contributed by atoms with van der Waals surface area (Å²) in [6.45, 7) is 1.92. The molecule has 0 aromatic heterocycles. The van der Waals surface area contributed by atoms with E-state index < -0.39 is 0 Å². The molecule has 0 heterocycles. The van der Waals surface area contributed by atoms with E-state index in [0.717, 1.165) is 16.9 Å². The van der Waals surface area contributed by atoms with Gasteiger partial charge < -0.3 is 15.7 Å². The minimum atomic E-state index is 0.218. The molecule has 0 spiro atoms. The van der Waals surface area contributed by atoms with Crippen LogP contribution in [-0.4, -0.2) is 10.2 Å². The summed E-state index contributed by atoms with van der Waals surface area (Å²) < 4.78 is 0. The first-order chi connectivity index (χ1) is 9.06. The number of nitrogens with one attached hydrogen (secondary N) is 2. The number of anilines is 2. The molecule has 0 aliphatic rings. The fraction of sp³-hybridized carbons (Fsp3) is 0.0714. The van der Waals surface area contributed by atoms with Gasteiger partial charge in [0.15, 0.2) is 5.11 Å². The topological polar surface area (TPSA) is 44.3 Å². The standard InChI is InChI=1S/C14H13ClN2OS/c1-9-12(15)3-2-4-13(9)17-14(19)16-10-5-7-11(18)8-6-10/h2-8,18H,1H3,(H2,16,17,19). The molecule has 0 bridgehead atoms. The van der Waals surface area contributed by atoms with Gasteiger partial charge in [0.25, 0.3) is 0 Å². The average Bonchev–Trinajstić information content (AvgIpc) is 2.38. The van der Waals surface area contributed by atoms with Gasteiger partial charge in [0.1, 0.15) is 5.75 Å². The second-order valence-electron chi connectivity index (χ2n) is 4.04. The minimum absolute atomic E-state index is 0.218. The maximum Gasteiger partial charge on any atom is 0.175 e. The first-order valence-electron chi connectivity index (χ1n) is 5.68. The number of hydrogen-bond donors (Lipinski definition) is 3. The van der Waals surface area contributed by atoms with Crippen LogP contribution in [0.25, 0.3) is 0 Å². The molecule has 3 nitrogen and oxygen atoms in total. The van der Waals surface area contributed by atoms with Crippen LogP contribution in [-0.2, 0) is 0 Å². The lowest BCUT2D eigenvalue weighted by Crippen LogP contribution is -2.19. The van der Waals surface area contributed by atoms with Crippen molar-refractivity contribution in [2.45, 2.75) is 6.92 Å². The molecule has 2 aromatic carbocycles. The van der Waals surface area contributed by atoms with Crippen molar-refractivity contribution in [2.24, 2.45) is 0 Å². The summed E-state index contributed by atoms with van der Waals surface area (Å²) in [7, 11) is 0. The number of benzene rings is 2. The van der Waals surface area contributed by atoms with Gasteiger partial charge in [-0.25, -0.2) is 0 Å². The van der Waals surface area contributed by atoms with E-state index in [1.807, 2.05) is 25.1 Å². The normalized spacial score (nSPS) is 10.0. The van der Waals surface area contributed by atoms with Crippen molar-refractivity contribution in [3.8, 4) is 5.75 Å². The monoisotopic (exact) mass is 292 g/mol. The number of phenols is 1. The van der Waals surface area contributed by atoms with Crippen molar-refractivity contribution >= 4 is 40.3 Å². The molecular formula is C14H13ClN2OS. The highest BCUT2D eigenvalue weighted by molar-refractivity contribution is 7.80. The predicted molar refractivity (Wildman–Crippen MR) is 84.1 cm³/mol. The van der Waals surface area contributed by atoms with E-state index in [9.17, 15) is 5.11 Å². The smallest absolute Gasteiger partial charge is 0.175 e. The van der Waals surface area contributed by atoms with Crippen LogP contribution in [0.4, 0.5) is 11.4 Å². The summed E-state index contributed by atoms with van der Waals surface area (Å²) in [6, 6.07) is 12.3. The van der Waals surface area contributed by atoms with Crippen LogP contribution in [0.1, 0.15) is 5.56 Å². The third-order valence-corrected chi connectivity index (χ3v) is 3.25. The summed E-state index contributed by atoms with van der Waals surface area (Å²) >= 11 is 11.3. The first-order valence-corrected chi connectivity index (χ1v) is 6.47. The van der Waals surface area contributed by atoms with E-state index in [4.69, 9.17) is 23.8 Å². The molecular weight excluding hydrogens is 280 g/mol. The molecule has 5 heteroatoms. The van der Waals surface area contributed by atoms with Crippen LogP contribution >= 0.6 is 23.8 Å². The molecule has 0 aliphatic carbocycles. The molecule has 0 saturated carbocycles. The Morgan fingerprint density at radius 2 is 1.79 bits per heavy atom. The third kappa shape index (κ3) is 3.59.